The molecule has 0 aliphatic carbocycles. The maximum Gasteiger partial charge on any atom is 0.262 e. The van der Waals surface area contributed by atoms with Gasteiger partial charge in [0.05, 0.1) is 11.1 Å². The van der Waals surface area contributed by atoms with Crippen LogP contribution in [0.5, 0.6) is 0 Å². The second-order valence-electron chi connectivity index (χ2n) is 7.35. The molecule has 1 atom stereocenters. The average molecular weight is 412 g/mol. The van der Waals surface area contributed by atoms with Gasteiger partial charge in [0.25, 0.3) is 11.8 Å². The molecule has 0 aromatic heterocycles. The summed E-state index contributed by atoms with van der Waals surface area (Å²) in [6, 6.07) is 21.2. The van der Waals surface area contributed by atoms with Gasteiger partial charge in [0, 0.05) is 17.7 Å². The van der Waals surface area contributed by atoms with Crippen molar-refractivity contribution in [3.63, 3.8) is 0 Å². The van der Waals surface area contributed by atoms with Crippen molar-refractivity contribution in [3.8, 4) is 0 Å². The molecular weight excluding hydrogens is 392 g/mol. The van der Waals surface area contributed by atoms with Crippen LogP contribution in [0.1, 0.15) is 43.6 Å². The number of nitrogens with one attached hydrogen (secondary N) is 1. The normalized spacial score (nSPS) is 13.6. The largest absolute Gasteiger partial charge is 0.324 e. The Hall–Kier alpha value is -4.06. The first kappa shape index (κ1) is 20.2. The molecule has 3 aromatic carbocycles. The fourth-order valence-corrected chi connectivity index (χ4v) is 3.64. The van der Waals surface area contributed by atoms with E-state index in [0.717, 1.165) is 10.5 Å². The number of rotatable bonds is 6. The molecule has 0 spiro atoms. The summed E-state index contributed by atoms with van der Waals surface area (Å²) in [7, 11) is 0. The third kappa shape index (κ3) is 4.00. The van der Waals surface area contributed by atoms with E-state index in [0.29, 0.717) is 22.4 Å². The maximum atomic E-state index is 13.2. The number of amides is 3. The summed E-state index contributed by atoms with van der Waals surface area (Å²) in [5.41, 5.74) is 2.42. The van der Waals surface area contributed by atoms with Gasteiger partial charge in [0.2, 0.25) is 5.91 Å². The standard InChI is InChI=1S/C25H20N2O4/c1-16(28)18-11-13-19(14-12-18)26-23(29)22(15-17-7-3-2-4-8-17)27-24(30)20-9-5-6-10-21(20)25(27)31/h2-14,22H,15H2,1H3,(H,26,29)/t22-/m1/s1. The first-order valence-corrected chi connectivity index (χ1v) is 9.88. The van der Waals surface area contributed by atoms with Crippen molar-refractivity contribution in [3.05, 3.63) is 101 Å². The highest BCUT2D eigenvalue weighted by atomic mass is 16.2. The van der Waals surface area contributed by atoms with Gasteiger partial charge < -0.3 is 5.32 Å². The lowest BCUT2D eigenvalue weighted by molar-refractivity contribution is -0.119. The summed E-state index contributed by atoms with van der Waals surface area (Å²) in [6.45, 7) is 1.46. The zero-order chi connectivity index (χ0) is 22.0. The number of hydrogen-bond donors (Lipinski definition) is 1. The second kappa shape index (κ2) is 8.36. The van der Waals surface area contributed by atoms with Gasteiger partial charge in [-0.25, -0.2) is 0 Å². The van der Waals surface area contributed by atoms with E-state index in [2.05, 4.69) is 5.32 Å². The Kier molecular flexibility index (Phi) is 5.45. The molecule has 0 saturated carbocycles. The van der Waals surface area contributed by atoms with Crippen LogP contribution >= 0.6 is 0 Å². The topological polar surface area (TPSA) is 83.6 Å². The lowest BCUT2D eigenvalue weighted by Crippen LogP contribution is -2.48. The number of ketones is 1. The minimum Gasteiger partial charge on any atom is -0.324 e. The average Bonchev–Trinajstić information content (AvgIpc) is 3.03. The molecule has 3 aromatic rings. The summed E-state index contributed by atoms with van der Waals surface area (Å²) in [4.78, 5) is 51.8. The third-order valence-corrected chi connectivity index (χ3v) is 5.27. The van der Waals surface area contributed by atoms with Crippen LogP contribution in [0, 0.1) is 0 Å². The highest BCUT2D eigenvalue weighted by molar-refractivity contribution is 6.23. The van der Waals surface area contributed by atoms with E-state index >= 15 is 0 Å². The van der Waals surface area contributed by atoms with Gasteiger partial charge >= 0.3 is 0 Å². The van der Waals surface area contributed by atoms with Crippen LogP contribution in [-0.2, 0) is 11.2 Å². The molecule has 0 radical (unpaired) electrons. The molecule has 6 nitrogen and oxygen atoms in total. The zero-order valence-corrected chi connectivity index (χ0v) is 16.9. The highest BCUT2D eigenvalue weighted by Crippen LogP contribution is 2.26. The highest BCUT2D eigenvalue weighted by Gasteiger charge is 2.42. The van der Waals surface area contributed by atoms with Crippen LogP contribution in [0.25, 0.3) is 0 Å². The van der Waals surface area contributed by atoms with E-state index in [4.69, 9.17) is 0 Å². The molecule has 0 fully saturated rings. The molecule has 1 aliphatic rings. The summed E-state index contributed by atoms with van der Waals surface area (Å²) in [5, 5.41) is 2.78. The Balaban J connectivity index is 1.65. The third-order valence-electron chi connectivity index (χ3n) is 5.27. The molecule has 0 bridgehead atoms. The Morgan fingerprint density at radius 3 is 1.90 bits per heavy atom. The van der Waals surface area contributed by atoms with Crippen LogP contribution in [0.4, 0.5) is 5.69 Å². The smallest absolute Gasteiger partial charge is 0.262 e. The van der Waals surface area contributed by atoms with Crippen molar-refractivity contribution in [1.82, 2.24) is 4.90 Å². The van der Waals surface area contributed by atoms with Gasteiger partial charge in [0.1, 0.15) is 6.04 Å². The molecule has 3 amide bonds. The predicted octanol–water partition coefficient (Wildman–Crippen LogP) is 3.74. The number of imide groups is 1. The number of benzene rings is 3. The van der Waals surface area contributed by atoms with Gasteiger partial charge in [-0.1, -0.05) is 42.5 Å². The van der Waals surface area contributed by atoms with E-state index in [9.17, 15) is 19.2 Å². The molecule has 0 saturated heterocycles. The summed E-state index contributed by atoms with van der Waals surface area (Å²) < 4.78 is 0. The summed E-state index contributed by atoms with van der Waals surface area (Å²) >= 11 is 0. The zero-order valence-electron chi connectivity index (χ0n) is 16.9. The molecule has 154 valence electrons. The Morgan fingerprint density at radius 1 is 0.806 bits per heavy atom. The molecule has 4 rings (SSSR count). The van der Waals surface area contributed by atoms with Crippen molar-refractivity contribution < 1.29 is 19.2 Å². The van der Waals surface area contributed by atoms with Crippen LogP contribution in [0.2, 0.25) is 0 Å². The Labute approximate surface area is 179 Å². The lowest BCUT2D eigenvalue weighted by atomic mass is 10.0. The van der Waals surface area contributed by atoms with Crippen molar-refractivity contribution in [2.24, 2.45) is 0 Å². The number of hydrogen-bond acceptors (Lipinski definition) is 4. The van der Waals surface area contributed by atoms with Crippen LogP contribution < -0.4 is 5.32 Å². The van der Waals surface area contributed by atoms with Crippen molar-refractivity contribution >= 4 is 29.2 Å². The summed E-state index contributed by atoms with van der Waals surface area (Å²) in [6.07, 6.45) is 0.184. The van der Waals surface area contributed by atoms with Gasteiger partial charge in [-0.3, -0.25) is 24.1 Å². The van der Waals surface area contributed by atoms with E-state index in [1.54, 1.807) is 48.5 Å². The fourth-order valence-electron chi connectivity index (χ4n) is 3.64. The van der Waals surface area contributed by atoms with Crippen molar-refractivity contribution in [2.75, 3.05) is 5.32 Å². The molecule has 6 heteroatoms. The SMILES string of the molecule is CC(=O)c1ccc(NC(=O)[C@@H](Cc2ccccc2)N2C(=O)c3ccccc3C2=O)cc1. The van der Waals surface area contributed by atoms with Crippen LogP contribution in [-0.4, -0.2) is 34.4 Å². The van der Waals surface area contributed by atoms with Crippen molar-refractivity contribution in [2.45, 2.75) is 19.4 Å². The lowest BCUT2D eigenvalue weighted by Gasteiger charge is -2.25. The minimum absolute atomic E-state index is 0.0779. The molecular formula is C25H20N2O4. The van der Waals surface area contributed by atoms with Gasteiger partial charge in [-0.2, -0.15) is 0 Å². The van der Waals surface area contributed by atoms with E-state index in [1.165, 1.54) is 6.92 Å². The minimum atomic E-state index is -1.03. The second-order valence-corrected chi connectivity index (χ2v) is 7.35. The van der Waals surface area contributed by atoms with E-state index in [-0.39, 0.29) is 12.2 Å². The number of carbonyl (C=O) groups excluding carboxylic acids is 4. The number of nitrogens with zero attached hydrogens (tertiary/aromatic N) is 1. The monoisotopic (exact) mass is 412 g/mol. The number of fused-ring (bicyclic) bond motifs is 1. The predicted molar refractivity (Wildman–Crippen MR) is 116 cm³/mol. The van der Waals surface area contributed by atoms with Crippen molar-refractivity contribution in [1.29, 1.82) is 0 Å². The maximum absolute atomic E-state index is 13.2. The number of carbonyl (C=O) groups is 4. The molecule has 0 unspecified atom stereocenters. The van der Waals surface area contributed by atoms with E-state index < -0.39 is 23.8 Å². The number of anilines is 1. The van der Waals surface area contributed by atoms with E-state index in [1.807, 2.05) is 30.3 Å². The van der Waals surface area contributed by atoms with Crippen LogP contribution in [0.15, 0.2) is 78.9 Å². The number of Topliss-reactive ketones (excluding diaryl/α,β-unsaturated/α-hetero) is 1. The molecule has 31 heavy (non-hydrogen) atoms. The molecule has 1 heterocycles. The first-order valence-electron chi connectivity index (χ1n) is 9.88. The van der Waals surface area contributed by atoms with Gasteiger partial charge in [-0.15, -0.1) is 0 Å². The molecule has 1 N–H and O–H groups in total. The Morgan fingerprint density at radius 2 is 1.35 bits per heavy atom. The summed E-state index contributed by atoms with van der Waals surface area (Å²) in [5.74, 6) is -1.52. The van der Waals surface area contributed by atoms with Gasteiger partial charge in [-0.05, 0) is 48.9 Å². The van der Waals surface area contributed by atoms with Gasteiger partial charge in [0.15, 0.2) is 5.78 Å². The Bertz CT molecular complexity index is 1130. The fraction of sp³-hybridized carbons (Fsp3) is 0.120. The molecule has 1 aliphatic heterocycles. The van der Waals surface area contributed by atoms with Crippen LogP contribution in [0.3, 0.4) is 0 Å². The quantitative estimate of drug-likeness (QED) is 0.494. The first-order chi connectivity index (χ1) is 15.0.